The van der Waals surface area contributed by atoms with E-state index in [4.69, 9.17) is 5.73 Å². The number of thioether (sulfide) groups is 1. The quantitative estimate of drug-likeness (QED) is 0.346. The fourth-order valence-electron chi connectivity index (χ4n) is 3.87. The van der Waals surface area contributed by atoms with Gasteiger partial charge in [0.05, 0.1) is 6.54 Å². The number of carbonyl (C=O) groups excluding carboxylic acids is 3. The smallest absolute Gasteiger partial charge is 0.249 e. The van der Waals surface area contributed by atoms with Crippen LogP contribution in [0.3, 0.4) is 0 Å². The number of aromatic hydroxyl groups is 1. The molecule has 1 aromatic carbocycles. The molecule has 2 fully saturated rings. The van der Waals surface area contributed by atoms with Crippen LogP contribution in [-0.2, 0) is 14.4 Å². The standard InChI is InChI=1S/C18H22N8O4S/c1-18(2)13(14-22-24-25-23-14)26-16(30)12(17(26)31-18)21-15(29)11(20-10(28)7-19)8-3-5-9(27)6-4-8/h3-6,11-13,17,27H,7,19H2,1-2H3,(H,20,28)(H,21,29)(H,22,23,24,25)/t11-,12?,13?,17-/m1/s1. The van der Waals surface area contributed by atoms with Crippen LogP contribution >= 0.6 is 11.8 Å². The maximum atomic E-state index is 13.0. The average Bonchev–Trinajstić information content (AvgIpc) is 3.34. The first-order chi connectivity index (χ1) is 14.7. The molecule has 13 heteroatoms. The van der Waals surface area contributed by atoms with Crippen molar-refractivity contribution in [2.75, 3.05) is 6.54 Å². The summed E-state index contributed by atoms with van der Waals surface area (Å²) < 4.78 is -0.395. The van der Waals surface area contributed by atoms with E-state index in [-0.39, 0.29) is 29.6 Å². The Morgan fingerprint density at radius 1 is 1.35 bits per heavy atom. The molecular weight excluding hydrogens is 424 g/mol. The van der Waals surface area contributed by atoms with E-state index in [1.807, 2.05) is 13.8 Å². The average molecular weight is 446 g/mol. The number of carbonyl (C=O) groups is 3. The Morgan fingerprint density at radius 2 is 2.06 bits per heavy atom. The number of phenolic OH excluding ortho intramolecular Hbond substituents is 1. The van der Waals surface area contributed by atoms with E-state index in [9.17, 15) is 19.5 Å². The molecule has 2 aliphatic heterocycles. The number of tetrazole rings is 1. The minimum atomic E-state index is -1.06. The molecule has 3 heterocycles. The molecule has 6 N–H and O–H groups in total. The molecule has 164 valence electrons. The van der Waals surface area contributed by atoms with Crippen molar-refractivity contribution in [2.24, 2.45) is 5.73 Å². The zero-order chi connectivity index (χ0) is 22.3. The van der Waals surface area contributed by atoms with Gasteiger partial charge in [0.1, 0.15) is 29.2 Å². The highest BCUT2D eigenvalue weighted by Crippen LogP contribution is 2.56. The minimum absolute atomic E-state index is 0.0231. The van der Waals surface area contributed by atoms with E-state index in [0.717, 1.165) is 0 Å². The molecule has 2 unspecified atom stereocenters. The van der Waals surface area contributed by atoms with Crippen LogP contribution < -0.4 is 16.4 Å². The summed E-state index contributed by atoms with van der Waals surface area (Å²) in [5, 5.41) is 28.6. The second kappa shape index (κ2) is 7.81. The van der Waals surface area contributed by atoms with Crippen LogP contribution in [0.2, 0.25) is 0 Å². The Bertz CT molecular complexity index is 996. The molecule has 0 saturated carbocycles. The molecular formula is C18H22N8O4S. The zero-order valence-corrected chi connectivity index (χ0v) is 17.6. The normalized spacial score (nSPS) is 24.8. The van der Waals surface area contributed by atoms with Crippen LogP contribution in [0, 0.1) is 0 Å². The highest BCUT2D eigenvalue weighted by Gasteiger charge is 2.63. The van der Waals surface area contributed by atoms with Crippen molar-refractivity contribution >= 4 is 29.5 Å². The van der Waals surface area contributed by atoms with Crippen molar-refractivity contribution in [1.82, 2.24) is 36.2 Å². The molecule has 0 aliphatic carbocycles. The number of fused-ring (bicyclic) bond motifs is 1. The van der Waals surface area contributed by atoms with Crippen LogP contribution in [0.5, 0.6) is 5.75 Å². The summed E-state index contributed by atoms with van der Waals surface area (Å²) in [5.41, 5.74) is 5.83. The highest BCUT2D eigenvalue weighted by molar-refractivity contribution is 8.01. The van der Waals surface area contributed by atoms with Gasteiger partial charge in [0.2, 0.25) is 17.7 Å². The number of benzene rings is 1. The van der Waals surface area contributed by atoms with Crippen LogP contribution in [0.4, 0.5) is 0 Å². The van der Waals surface area contributed by atoms with E-state index in [1.165, 1.54) is 36.0 Å². The molecule has 4 rings (SSSR count). The first-order valence-electron chi connectivity index (χ1n) is 9.55. The number of hydrogen-bond acceptors (Lipinski definition) is 9. The van der Waals surface area contributed by atoms with E-state index in [1.54, 1.807) is 4.90 Å². The number of amides is 3. The lowest BCUT2D eigenvalue weighted by molar-refractivity contribution is -0.152. The van der Waals surface area contributed by atoms with Crippen molar-refractivity contribution in [3.05, 3.63) is 35.7 Å². The maximum Gasteiger partial charge on any atom is 0.249 e. The monoisotopic (exact) mass is 446 g/mol. The van der Waals surface area contributed by atoms with Gasteiger partial charge in [0.15, 0.2) is 5.82 Å². The second-order valence-electron chi connectivity index (χ2n) is 7.81. The summed E-state index contributed by atoms with van der Waals surface area (Å²) in [6.45, 7) is 3.66. The van der Waals surface area contributed by atoms with Gasteiger partial charge in [-0.2, -0.15) is 5.21 Å². The van der Waals surface area contributed by atoms with Gasteiger partial charge in [-0.1, -0.05) is 17.3 Å². The van der Waals surface area contributed by atoms with Crippen LogP contribution in [0.25, 0.3) is 0 Å². The third-order valence-electron chi connectivity index (χ3n) is 5.32. The number of hydrogen-bond donors (Lipinski definition) is 5. The van der Waals surface area contributed by atoms with Gasteiger partial charge >= 0.3 is 0 Å². The number of nitrogens with two attached hydrogens (primary N) is 1. The first-order valence-corrected chi connectivity index (χ1v) is 10.4. The fraction of sp³-hybridized carbons (Fsp3) is 0.444. The van der Waals surface area contributed by atoms with E-state index < -0.39 is 28.6 Å². The van der Waals surface area contributed by atoms with Crippen molar-refractivity contribution in [3.63, 3.8) is 0 Å². The van der Waals surface area contributed by atoms with Crippen LogP contribution in [0.1, 0.15) is 37.3 Å². The Kier molecular flexibility index (Phi) is 5.31. The summed E-state index contributed by atoms with van der Waals surface area (Å²) in [6.07, 6.45) is 0. The molecule has 12 nitrogen and oxygen atoms in total. The maximum absolute atomic E-state index is 13.0. The predicted molar refractivity (Wildman–Crippen MR) is 109 cm³/mol. The molecule has 31 heavy (non-hydrogen) atoms. The third-order valence-corrected chi connectivity index (χ3v) is 6.90. The lowest BCUT2D eigenvalue weighted by Crippen LogP contribution is -2.68. The Labute approximate surface area is 181 Å². The molecule has 0 spiro atoms. The Morgan fingerprint density at radius 3 is 2.68 bits per heavy atom. The van der Waals surface area contributed by atoms with E-state index >= 15 is 0 Å². The molecule has 2 aromatic rings. The number of nitrogens with one attached hydrogen (secondary N) is 3. The Balaban J connectivity index is 1.53. The molecule has 3 amide bonds. The zero-order valence-electron chi connectivity index (χ0n) is 16.8. The number of H-pyrrole nitrogens is 1. The van der Waals surface area contributed by atoms with Crippen molar-refractivity contribution in [2.45, 2.75) is 42.1 Å². The van der Waals surface area contributed by atoms with E-state index in [0.29, 0.717) is 11.4 Å². The summed E-state index contributed by atoms with van der Waals surface area (Å²) >= 11 is 1.53. The number of nitrogens with zero attached hydrogens (tertiary/aromatic N) is 4. The summed E-state index contributed by atoms with van der Waals surface area (Å²) in [4.78, 5) is 39.5. The number of rotatable bonds is 6. The van der Waals surface area contributed by atoms with Gasteiger partial charge in [-0.3, -0.25) is 14.4 Å². The molecule has 1 aromatic heterocycles. The van der Waals surface area contributed by atoms with E-state index in [2.05, 4.69) is 31.3 Å². The van der Waals surface area contributed by atoms with Crippen LogP contribution in [0.15, 0.2) is 24.3 Å². The Hall–Kier alpha value is -3.19. The highest BCUT2D eigenvalue weighted by atomic mass is 32.2. The van der Waals surface area contributed by atoms with Gasteiger partial charge in [-0.25, -0.2) is 0 Å². The van der Waals surface area contributed by atoms with Gasteiger partial charge in [0, 0.05) is 4.75 Å². The van der Waals surface area contributed by atoms with Crippen molar-refractivity contribution in [1.29, 1.82) is 0 Å². The number of β-lactam (4-membered cyclic amide) rings is 1. The summed E-state index contributed by atoms with van der Waals surface area (Å²) in [6, 6.07) is 3.65. The number of aromatic amines is 1. The molecule has 0 radical (unpaired) electrons. The first kappa shape index (κ1) is 21.1. The third kappa shape index (κ3) is 3.70. The minimum Gasteiger partial charge on any atom is -0.508 e. The molecule has 0 bridgehead atoms. The fourth-order valence-corrected chi connectivity index (χ4v) is 5.50. The number of phenols is 1. The van der Waals surface area contributed by atoms with Gasteiger partial charge < -0.3 is 26.4 Å². The molecule has 2 saturated heterocycles. The topological polar surface area (TPSA) is 179 Å². The predicted octanol–water partition coefficient (Wildman–Crippen LogP) is -1.06. The van der Waals surface area contributed by atoms with Gasteiger partial charge in [0.25, 0.3) is 0 Å². The van der Waals surface area contributed by atoms with Crippen LogP contribution in [-0.4, -0.2) is 71.1 Å². The summed E-state index contributed by atoms with van der Waals surface area (Å²) in [7, 11) is 0. The lowest BCUT2D eigenvalue weighted by Gasteiger charge is -2.44. The molecule has 4 atom stereocenters. The van der Waals surface area contributed by atoms with Crippen molar-refractivity contribution in [3.8, 4) is 5.75 Å². The van der Waals surface area contributed by atoms with Gasteiger partial charge in [-0.05, 0) is 31.5 Å². The second-order valence-corrected chi connectivity index (χ2v) is 9.58. The summed E-state index contributed by atoms with van der Waals surface area (Å²) in [5.74, 6) is -0.902. The molecule has 2 aliphatic rings. The van der Waals surface area contributed by atoms with Gasteiger partial charge in [-0.15, -0.1) is 22.0 Å². The SMILES string of the molecule is CC1(C)S[C@@H]2C(NC(=O)[C@H](NC(=O)CN)c3ccc(O)cc3)C(=O)N2C1c1nn[nH]n1. The lowest BCUT2D eigenvalue weighted by atomic mass is 9.95. The largest absolute Gasteiger partial charge is 0.508 e. The van der Waals surface area contributed by atoms with Crippen molar-refractivity contribution < 1.29 is 19.5 Å². The number of aromatic nitrogens is 4.